The average molecular weight is 308 g/mol. The first-order valence-electron chi connectivity index (χ1n) is 8.62. The topological polar surface area (TPSA) is 29.3 Å². The summed E-state index contributed by atoms with van der Waals surface area (Å²) in [6, 6.07) is 10.7. The lowest BCUT2D eigenvalue weighted by molar-refractivity contribution is 0.316. The number of likely N-dealkylation sites (tertiary alicyclic amines) is 1. The second-order valence-electron chi connectivity index (χ2n) is 7.46. The molecule has 0 radical (unpaired) electrons. The molecule has 1 aliphatic carbocycles. The van der Waals surface area contributed by atoms with Crippen molar-refractivity contribution in [1.29, 1.82) is 0 Å². The number of nitrogens with zero attached hydrogens (tertiary/aromatic N) is 1. The molecule has 2 atom stereocenters. The quantitative estimate of drug-likeness (QED) is 0.917. The van der Waals surface area contributed by atoms with Gasteiger partial charge in [0.25, 0.3) is 0 Å². The Morgan fingerprint density at radius 3 is 2.65 bits per heavy atom. The van der Waals surface area contributed by atoms with Crippen molar-refractivity contribution in [1.82, 2.24) is 4.90 Å². The van der Waals surface area contributed by atoms with Crippen molar-refractivity contribution in [2.45, 2.75) is 20.4 Å². The van der Waals surface area contributed by atoms with Gasteiger partial charge < -0.3 is 5.73 Å². The molecule has 1 aromatic rings. The number of hydrogen-bond donors (Lipinski definition) is 1. The third kappa shape index (κ3) is 4.01. The van der Waals surface area contributed by atoms with Gasteiger partial charge in [-0.3, -0.25) is 4.90 Å². The molecule has 1 aromatic carbocycles. The van der Waals surface area contributed by atoms with Gasteiger partial charge >= 0.3 is 0 Å². The van der Waals surface area contributed by atoms with Gasteiger partial charge in [-0.2, -0.15) is 0 Å². The van der Waals surface area contributed by atoms with Crippen LogP contribution in [0.5, 0.6) is 0 Å². The first kappa shape index (κ1) is 16.2. The fourth-order valence-corrected chi connectivity index (χ4v) is 3.62. The molecule has 23 heavy (non-hydrogen) atoms. The van der Waals surface area contributed by atoms with Gasteiger partial charge in [0.1, 0.15) is 0 Å². The standard InChI is InChI=1S/C21H28N2/c1-21(2)11-6-9-18(10-12-21)20-16-23(15-19(20)13-22)14-17-7-4-3-5-8-17/h3-12,19-20H,13-16,22H2,1-2H3. The van der Waals surface area contributed by atoms with Crippen molar-refractivity contribution in [3.05, 3.63) is 71.8 Å². The highest BCUT2D eigenvalue weighted by atomic mass is 15.2. The van der Waals surface area contributed by atoms with E-state index < -0.39 is 0 Å². The minimum Gasteiger partial charge on any atom is -0.330 e. The fraction of sp³-hybridized carbons (Fsp3) is 0.429. The number of rotatable bonds is 4. The van der Waals surface area contributed by atoms with Gasteiger partial charge in [0.2, 0.25) is 0 Å². The Kier molecular flexibility index (Phi) is 4.84. The van der Waals surface area contributed by atoms with E-state index in [9.17, 15) is 0 Å². The van der Waals surface area contributed by atoms with Crippen molar-refractivity contribution in [2.75, 3.05) is 19.6 Å². The van der Waals surface area contributed by atoms with Gasteiger partial charge in [0, 0.05) is 31.0 Å². The summed E-state index contributed by atoms with van der Waals surface area (Å²) in [6.45, 7) is 8.46. The Bertz CT molecular complexity index is 610. The van der Waals surface area contributed by atoms with E-state index >= 15 is 0 Å². The molecule has 0 bridgehead atoms. The summed E-state index contributed by atoms with van der Waals surface area (Å²) in [4.78, 5) is 2.55. The second kappa shape index (κ2) is 6.86. The molecule has 2 nitrogen and oxygen atoms in total. The Balaban J connectivity index is 1.73. The van der Waals surface area contributed by atoms with Gasteiger partial charge in [0.15, 0.2) is 0 Å². The van der Waals surface area contributed by atoms with E-state index in [4.69, 9.17) is 5.73 Å². The van der Waals surface area contributed by atoms with E-state index in [2.05, 4.69) is 79.5 Å². The van der Waals surface area contributed by atoms with Gasteiger partial charge in [-0.05, 0) is 23.6 Å². The van der Waals surface area contributed by atoms with Gasteiger partial charge in [0.05, 0.1) is 0 Å². The van der Waals surface area contributed by atoms with Crippen molar-refractivity contribution in [2.24, 2.45) is 23.0 Å². The monoisotopic (exact) mass is 308 g/mol. The summed E-state index contributed by atoms with van der Waals surface area (Å²) >= 11 is 0. The Morgan fingerprint density at radius 2 is 1.91 bits per heavy atom. The van der Waals surface area contributed by atoms with Crippen LogP contribution < -0.4 is 5.73 Å². The number of allylic oxidation sites excluding steroid dienone is 5. The van der Waals surface area contributed by atoms with Crippen LogP contribution in [-0.4, -0.2) is 24.5 Å². The second-order valence-corrected chi connectivity index (χ2v) is 7.46. The first-order valence-corrected chi connectivity index (χ1v) is 8.62. The van der Waals surface area contributed by atoms with Crippen LogP contribution in [0.4, 0.5) is 0 Å². The van der Waals surface area contributed by atoms with E-state index in [1.807, 2.05) is 0 Å². The van der Waals surface area contributed by atoms with Crippen LogP contribution in [0.3, 0.4) is 0 Å². The third-order valence-corrected chi connectivity index (χ3v) is 5.02. The molecule has 122 valence electrons. The fourth-order valence-electron chi connectivity index (χ4n) is 3.62. The molecule has 3 rings (SSSR count). The van der Waals surface area contributed by atoms with Crippen molar-refractivity contribution in [3.63, 3.8) is 0 Å². The predicted octanol–water partition coefficient (Wildman–Crippen LogP) is 3.77. The van der Waals surface area contributed by atoms with E-state index in [1.165, 1.54) is 11.1 Å². The maximum atomic E-state index is 6.08. The summed E-state index contributed by atoms with van der Waals surface area (Å²) in [5.41, 5.74) is 9.03. The largest absolute Gasteiger partial charge is 0.330 e. The summed E-state index contributed by atoms with van der Waals surface area (Å²) in [5.74, 6) is 1.09. The molecule has 1 heterocycles. The molecule has 2 N–H and O–H groups in total. The van der Waals surface area contributed by atoms with E-state index in [0.717, 1.165) is 26.2 Å². The molecule has 2 aliphatic rings. The zero-order valence-corrected chi connectivity index (χ0v) is 14.3. The summed E-state index contributed by atoms with van der Waals surface area (Å²) < 4.78 is 0. The lowest BCUT2D eigenvalue weighted by Gasteiger charge is -2.18. The van der Waals surface area contributed by atoms with Crippen LogP contribution in [0, 0.1) is 17.3 Å². The molecule has 0 amide bonds. The molecule has 2 unspecified atom stereocenters. The van der Waals surface area contributed by atoms with Gasteiger partial charge in [-0.15, -0.1) is 0 Å². The zero-order chi connectivity index (χ0) is 16.3. The highest BCUT2D eigenvalue weighted by molar-refractivity contribution is 5.34. The van der Waals surface area contributed by atoms with E-state index in [-0.39, 0.29) is 5.41 Å². The van der Waals surface area contributed by atoms with E-state index in [0.29, 0.717) is 11.8 Å². The van der Waals surface area contributed by atoms with Crippen LogP contribution in [0.25, 0.3) is 0 Å². The maximum absolute atomic E-state index is 6.08. The van der Waals surface area contributed by atoms with Crippen molar-refractivity contribution >= 4 is 0 Å². The average Bonchev–Trinajstić information content (AvgIpc) is 2.85. The smallest absolute Gasteiger partial charge is 0.0234 e. The summed E-state index contributed by atoms with van der Waals surface area (Å²) in [5, 5.41) is 0. The molecule has 0 saturated carbocycles. The minimum absolute atomic E-state index is 0.138. The molecule has 1 aliphatic heterocycles. The van der Waals surface area contributed by atoms with Crippen molar-refractivity contribution in [3.8, 4) is 0 Å². The normalized spacial score (nSPS) is 27.0. The molecular formula is C21H28N2. The highest BCUT2D eigenvalue weighted by Gasteiger charge is 2.33. The lowest BCUT2D eigenvalue weighted by Crippen LogP contribution is -2.23. The van der Waals surface area contributed by atoms with Gasteiger partial charge in [-0.1, -0.05) is 74.6 Å². The maximum Gasteiger partial charge on any atom is 0.0234 e. The first-order chi connectivity index (χ1) is 11.1. The number of nitrogens with two attached hydrogens (primary N) is 1. The SMILES string of the molecule is CC1(C)C=CC=C(C2CN(Cc3ccccc3)CC2CN)C=C1. The highest BCUT2D eigenvalue weighted by Crippen LogP contribution is 2.33. The van der Waals surface area contributed by atoms with Crippen LogP contribution in [0.1, 0.15) is 19.4 Å². The Labute approximate surface area is 140 Å². The van der Waals surface area contributed by atoms with Crippen molar-refractivity contribution < 1.29 is 0 Å². The lowest BCUT2D eigenvalue weighted by atomic mass is 9.87. The Hall–Kier alpha value is -1.64. The molecule has 1 saturated heterocycles. The molecule has 1 fully saturated rings. The van der Waals surface area contributed by atoms with Crippen LogP contribution in [0.15, 0.2) is 66.3 Å². The zero-order valence-electron chi connectivity index (χ0n) is 14.3. The van der Waals surface area contributed by atoms with E-state index in [1.54, 1.807) is 0 Å². The molecule has 2 heteroatoms. The van der Waals surface area contributed by atoms with Crippen LogP contribution in [-0.2, 0) is 6.54 Å². The number of hydrogen-bond acceptors (Lipinski definition) is 2. The van der Waals surface area contributed by atoms with Crippen LogP contribution >= 0.6 is 0 Å². The summed E-state index contributed by atoms with van der Waals surface area (Å²) in [7, 11) is 0. The Morgan fingerprint density at radius 1 is 1.13 bits per heavy atom. The minimum atomic E-state index is 0.138. The molecule has 0 aromatic heterocycles. The summed E-state index contributed by atoms with van der Waals surface area (Å²) in [6.07, 6.45) is 11.4. The van der Waals surface area contributed by atoms with Gasteiger partial charge in [-0.25, -0.2) is 0 Å². The number of benzene rings is 1. The molecule has 0 spiro atoms. The third-order valence-electron chi connectivity index (χ3n) is 5.02. The molecular weight excluding hydrogens is 280 g/mol. The predicted molar refractivity (Wildman–Crippen MR) is 97.9 cm³/mol. The van der Waals surface area contributed by atoms with Crippen LogP contribution in [0.2, 0.25) is 0 Å².